The minimum atomic E-state index is -3.35. The fourth-order valence-electron chi connectivity index (χ4n) is 0.781. The molecule has 0 N–H and O–H groups in total. The van der Waals surface area contributed by atoms with Gasteiger partial charge in [0.1, 0.15) is 0 Å². The van der Waals surface area contributed by atoms with E-state index >= 15 is 0 Å². The third-order valence-corrected chi connectivity index (χ3v) is 1.95. The van der Waals surface area contributed by atoms with Crippen LogP contribution in [-0.2, 0) is 23.8 Å². The van der Waals surface area contributed by atoms with E-state index in [9.17, 15) is 13.2 Å². The lowest BCUT2D eigenvalue weighted by atomic mass is 10.3. The number of unbranched alkanes of at least 4 members (excludes halogenated alkanes) is 1. The number of hydrogen-bond acceptors (Lipinski definition) is 5. The van der Waals surface area contributed by atoms with Crippen LogP contribution < -0.4 is 0 Å². The van der Waals surface area contributed by atoms with Gasteiger partial charge in [0.05, 0.1) is 19.5 Å². The molecule has 6 heteroatoms. The molecular formula is C9H16O5S. The summed E-state index contributed by atoms with van der Waals surface area (Å²) in [6.45, 7) is 2.21. The lowest BCUT2D eigenvalue weighted by Gasteiger charge is -1.98. The molecule has 0 aromatic rings. The second-order valence-corrected chi connectivity index (χ2v) is 4.47. The average molecular weight is 236 g/mol. The molecular weight excluding hydrogens is 220 g/mol. The molecule has 0 heterocycles. The van der Waals surface area contributed by atoms with Crippen molar-refractivity contribution in [3.63, 3.8) is 0 Å². The predicted octanol–water partition coefficient (Wildman–Crippen LogP) is 0.862. The Bertz CT molecular complexity index is 304. The number of allylic oxidation sites excluding steroid dienone is 1. The molecule has 0 bridgehead atoms. The Labute approximate surface area is 90.2 Å². The summed E-state index contributed by atoms with van der Waals surface area (Å²) in [5.41, 5.74) is 0. The zero-order valence-electron chi connectivity index (χ0n) is 8.93. The van der Waals surface area contributed by atoms with E-state index in [1.807, 2.05) is 0 Å². The summed E-state index contributed by atoms with van der Waals surface area (Å²) in [6, 6.07) is 0. The number of ether oxygens (including phenoxy) is 1. The van der Waals surface area contributed by atoms with Crippen molar-refractivity contribution in [2.24, 2.45) is 0 Å². The average Bonchev–Trinajstić information content (AvgIpc) is 2.09. The summed E-state index contributed by atoms with van der Waals surface area (Å²) < 4.78 is 30.2. The zero-order chi connectivity index (χ0) is 11.7. The molecule has 0 radical (unpaired) electrons. The summed E-state index contributed by atoms with van der Waals surface area (Å²) in [4.78, 5) is 10.8. The molecule has 0 fully saturated rings. The van der Waals surface area contributed by atoms with Gasteiger partial charge in [0.2, 0.25) is 0 Å². The van der Waals surface area contributed by atoms with Crippen molar-refractivity contribution in [2.45, 2.75) is 19.8 Å². The van der Waals surface area contributed by atoms with Crippen molar-refractivity contribution in [1.29, 1.82) is 0 Å². The molecule has 0 saturated heterocycles. The molecule has 0 aromatic heterocycles. The molecule has 0 aromatic carbocycles. The van der Waals surface area contributed by atoms with Gasteiger partial charge < -0.3 is 4.74 Å². The Kier molecular flexibility index (Phi) is 6.98. The van der Waals surface area contributed by atoms with Crippen LogP contribution in [-0.4, -0.2) is 33.9 Å². The lowest BCUT2D eigenvalue weighted by molar-refractivity contribution is -0.137. The van der Waals surface area contributed by atoms with Crippen LogP contribution in [0.25, 0.3) is 0 Å². The zero-order valence-corrected chi connectivity index (χ0v) is 9.75. The molecule has 5 nitrogen and oxygen atoms in total. The fraction of sp³-hybridized carbons (Fsp3) is 0.667. The van der Waals surface area contributed by atoms with E-state index in [0.717, 1.165) is 6.26 Å². The molecule has 0 aliphatic rings. The minimum absolute atomic E-state index is 0.131. The van der Waals surface area contributed by atoms with Gasteiger partial charge in [0, 0.05) is 6.08 Å². The number of carbonyl (C=O) groups is 1. The highest BCUT2D eigenvalue weighted by Gasteiger charge is 1.99. The molecule has 0 saturated carbocycles. The first-order valence-corrected chi connectivity index (χ1v) is 6.45. The van der Waals surface area contributed by atoms with Crippen LogP contribution in [0.3, 0.4) is 0 Å². The van der Waals surface area contributed by atoms with Crippen molar-refractivity contribution in [2.75, 3.05) is 19.5 Å². The maximum Gasteiger partial charge on any atom is 0.330 e. The second kappa shape index (κ2) is 7.42. The first-order valence-electron chi connectivity index (χ1n) is 4.63. The highest BCUT2D eigenvalue weighted by molar-refractivity contribution is 7.85. The lowest BCUT2D eigenvalue weighted by Crippen LogP contribution is -2.03. The van der Waals surface area contributed by atoms with Crippen LogP contribution >= 0.6 is 0 Å². The highest BCUT2D eigenvalue weighted by atomic mass is 32.2. The molecule has 0 rings (SSSR count). The summed E-state index contributed by atoms with van der Waals surface area (Å²) in [5.74, 6) is -0.387. The number of carbonyl (C=O) groups excluding carboxylic acids is 1. The van der Waals surface area contributed by atoms with E-state index in [0.29, 0.717) is 19.4 Å². The van der Waals surface area contributed by atoms with Crippen molar-refractivity contribution in [3.05, 3.63) is 12.2 Å². The molecule has 0 spiro atoms. The van der Waals surface area contributed by atoms with E-state index in [4.69, 9.17) is 0 Å². The van der Waals surface area contributed by atoms with Gasteiger partial charge in [0.15, 0.2) is 0 Å². The van der Waals surface area contributed by atoms with Gasteiger partial charge in [-0.2, -0.15) is 8.42 Å². The molecule has 88 valence electrons. The van der Waals surface area contributed by atoms with Gasteiger partial charge in [0.25, 0.3) is 10.1 Å². The summed E-state index contributed by atoms with van der Waals surface area (Å²) in [5, 5.41) is 0. The standard InChI is InChI=1S/C9H16O5S/c1-3-13-9(10)7-5-4-6-8-14-15(2,11)12/h5,7H,3-4,6,8H2,1-2H3/b7-5-. The Morgan fingerprint density at radius 1 is 1.40 bits per heavy atom. The van der Waals surface area contributed by atoms with Crippen molar-refractivity contribution in [1.82, 2.24) is 0 Å². The van der Waals surface area contributed by atoms with E-state index in [-0.39, 0.29) is 12.6 Å². The summed E-state index contributed by atoms with van der Waals surface area (Å²) >= 11 is 0. The second-order valence-electron chi connectivity index (χ2n) is 2.82. The summed E-state index contributed by atoms with van der Waals surface area (Å²) in [7, 11) is -3.35. The van der Waals surface area contributed by atoms with Gasteiger partial charge in [-0.1, -0.05) is 6.08 Å². The number of esters is 1. The van der Waals surface area contributed by atoms with E-state index in [1.54, 1.807) is 13.0 Å². The first-order chi connectivity index (χ1) is 6.95. The van der Waals surface area contributed by atoms with E-state index in [1.165, 1.54) is 6.08 Å². The molecule has 0 amide bonds. The molecule has 0 aliphatic heterocycles. The largest absolute Gasteiger partial charge is 0.463 e. The maximum atomic E-state index is 10.8. The van der Waals surface area contributed by atoms with Gasteiger partial charge in [-0.25, -0.2) is 4.79 Å². The van der Waals surface area contributed by atoms with E-state index in [2.05, 4.69) is 8.92 Å². The molecule has 0 unspecified atom stereocenters. The Morgan fingerprint density at radius 2 is 2.07 bits per heavy atom. The third kappa shape index (κ3) is 11.0. The fourth-order valence-corrected chi connectivity index (χ4v) is 1.20. The Hall–Kier alpha value is -0.880. The Morgan fingerprint density at radius 3 is 2.60 bits per heavy atom. The van der Waals surface area contributed by atoms with Crippen LogP contribution in [0.5, 0.6) is 0 Å². The number of hydrogen-bond donors (Lipinski definition) is 0. The highest BCUT2D eigenvalue weighted by Crippen LogP contribution is 1.95. The van der Waals surface area contributed by atoms with Gasteiger partial charge >= 0.3 is 5.97 Å². The smallest absolute Gasteiger partial charge is 0.330 e. The first kappa shape index (κ1) is 14.1. The summed E-state index contributed by atoms with van der Waals surface area (Å²) in [6.07, 6.45) is 5.08. The Balaban J connectivity index is 3.50. The van der Waals surface area contributed by atoms with Crippen LogP contribution in [0, 0.1) is 0 Å². The normalized spacial score (nSPS) is 11.9. The van der Waals surface area contributed by atoms with Crippen molar-refractivity contribution >= 4 is 16.1 Å². The monoisotopic (exact) mass is 236 g/mol. The minimum Gasteiger partial charge on any atom is -0.463 e. The topological polar surface area (TPSA) is 69.7 Å². The molecule has 0 aliphatic carbocycles. The molecule has 0 atom stereocenters. The van der Waals surface area contributed by atoms with Crippen LogP contribution in [0.2, 0.25) is 0 Å². The van der Waals surface area contributed by atoms with Gasteiger partial charge in [-0.3, -0.25) is 4.18 Å². The van der Waals surface area contributed by atoms with Gasteiger partial charge in [-0.05, 0) is 19.8 Å². The number of rotatable bonds is 7. The maximum absolute atomic E-state index is 10.8. The van der Waals surface area contributed by atoms with Crippen molar-refractivity contribution in [3.8, 4) is 0 Å². The predicted molar refractivity (Wildman–Crippen MR) is 55.8 cm³/mol. The third-order valence-electron chi connectivity index (χ3n) is 1.35. The van der Waals surface area contributed by atoms with Crippen LogP contribution in [0.4, 0.5) is 0 Å². The van der Waals surface area contributed by atoms with Crippen molar-refractivity contribution < 1.29 is 22.1 Å². The SMILES string of the molecule is CCOC(=O)/C=C\CCCOS(C)(=O)=O. The quantitative estimate of drug-likeness (QED) is 0.284. The van der Waals surface area contributed by atoms with Crippen LogP contribution in [0.15, 0.2) is 12.2 Å². The molecule has 15 heavy (non-hydrogen) atoms. The van der Waals surface area contributed by atoms with E-state index < -0.39 is 10.1 Å². The van der Waals surface area contributed by atoms with Crippen LogP contribution in [0.1, 0.15) is 19.8 Å². The van der Waals surface area contributed by atoms with Gasteiger partial charge in [-0.15, -0.1) is 0 Å².